The third-order valence-corrected chi connectivity index (χ3v) is 3.63. The lowest BCUT2D eigenvalue weighted by atomic mass is 10.2. The first-order chi connectivity index (χ1) is 12.0. The van der Waals surface area contributed by atoms with Crippen molar-refractivity contribution in [2.75, 3.05) is 13.7 Å². The molecule has 0 spiro atoms. The molecule has 2 rings (SSSR count). The monoisotopic (exact) mass is 360 g/mol. The predicted octanol–water partition coefficient (Wildman–Crippen LogP) is 3.78. The third kappa shape index (κ3) is 5.50. The Labute approximate surface area is 152 Å². The maximum atomic E-state index is 12.0. The van der Waals surface area contributed by atoms with Crippen LogP contribution in [0.15, 0.2) is 36.4 Å². The number of amides is 1. The number of carbonyl (C=O) groups is 1. The summed E-state index contributed by atoms with van der Waals surface area (Å²) in [6.07, 6.45) is 3.12. The molecule has 0 aliphatic carbocycles. The molecule has 0 atom stereocenters. The number of nitrogens with one attached hydrogen (secondary N) is 1. The molecule has 1 N–H and O–H groups in total. The Bertz CT molecular complexity index is 775. The average molecular weight is 361 g/mol. The number of hydrogen-bond acceptors (Lipinski definition) is 4. The van der Waals surface area contributed by atoms with E-state index >= 15 is 0 Å². The molecule has 0 saturated carbocycles. The summed E-state index contributed by atoms with van der Waals surface area (Å²) in [6, 6.07) is 9.19. The van der Waals surface area contributed by atoms with Crippen LogP contribution in [0.25, 0.3) is 6.08 Å². The third-order valence-electron chi connectivity index (χ3n) is 3.35. The van der Waals surface area contributed by atoms with Crippen molar-refractivity contribution in [2.45, 2.75) is 20.4 Å². The molecule has 25 heavy (non-hydrogen) atoms. The van der Waals surface area contributed by atoms with Gasteiger partial charge in [-0.1, -0.05) is 17.7 Å². The summed E-state index contributed by atoms with van der Waals surface area (Å²) in [5, 5.41) is 3.22. The van der Waals surface area contributed by atoms with E-state index in [1.165, 1.54) is 13.2 Å². The van der Waals surface area contributed by atoms with Crippen molar-refractivity contribution in [1.29, 1.82) is 0 Å². The Morgan fingerprint density at radius 3 is 2.84 bits per heavy atom. The van der Waals surface area contributed by atoms with Gasteiger partial charge in [0.15, 0.2) is 11.5 Å². The second kappa shape index (κ2) is 9.08. The second-order valence-corrected chi connectivity index (χ2v) is 5.70. The Morgan fingerprint density at radius 1 is 1.36 bits per heavy atom. The highest BCUT2D eigenvalue weighted by Crippen LogP contribution is 2.36. The highest BCUT2D eigenvalue weighted by Gasteiger charge is 2.10. The van der Waals surface area contributed by atoms with Gasteiger partial charge in [-0.25, -0.2) is 0 Å². The van der Waals surface area contributed by atoms with E-state index in [2.05, 4.69) is 10.3 Å². The van der Waals surface area contributed by atoms with E-state index in [9.17, 15) is 4.79 Å². The zero-order valence-corrected chi connectivity index (χ0v) is 15.3. The van der Waals surface area contributed by atoms with Gasteiger partial charge in [0.1, 0.15) is 0 Å². The van der Waals surface area contributed by atoms with Crippen LogP contribution in [-0.2, 0) is 11.3 Å². The molecule has 132 valence electrons. The summed E-state index contributed by atoms with van der Waals surface area (Å²) >= 11 is 6.19. The minimum absolute atomic E-state index is 0.215. The molecule has 1 heterocycles. The van der Waals surface area contributed by atoms with E-state index in [0.29, 0.717) is 29.7 Å². The highest BCUT2D eigenvalue weighted by molar-refractivity contribution is 6.32. The number of aromatic nitrogens is 1. The Hall–Kier alpha value is -2.53. The molecule has 0 fully saturated rings. The molecule has 0 aliphatic rings. The lowest BCUT2D eigenvalue weighted by molar-refractivity contribution is -0.116. The number of rotatable bonds is 7. The molecule has 0 radical (unpaired) electrons. The van der Waals surface area contributed by atoms with Crippen LogP contribution in [-0.4, -0.2) is 24.6 Å². The Kier molecular flexibility index (Phi) is 6.83. The van der Waals surface area contributed by atoms with Crippen LogP contribution >= 0.6 is 11.6 Å². The summed E-state index contributed by atoms with van der Waals surface area (Å²) in [7, 11) is 1.53. The van der Waals surface area contributed by atoms with Gasteiger partial charge in [0.2, 0.25) is 5.91 Å². The summed E-state index contributed by atoms with van der Waals surface area (Å²) in [6.45, 7) is 4.65. The number of benzene rings is 1. The minimum Gasteiger partial charge on any atom is -0.491 e. The molecule has 1 amide bonds. The number of aryl methyl sites for hydroxylation is 1. The van der Waals surface area contributed by atoms with Crippen LogP contribution in [0.5, 0.6) is 11.5 Å². The van der Waals surface area contributed by atoms with E-state index in [-0.39, 0.29) is 5.91 Å². The van der Waals surface area contributed by atoms with Crippen LogP contribution in [0, 0.1) is 6.92 Å². The Morgan fingerprint density at radius 2 is 2.16 bits per heavy atom. The zero-order chi connectivity index (χ0) is 18.2. The number of carbonyl (C=O) groups excluding carboxylic acids is 1. The fourth-order valence-corrected chi connectivity index (χ4v) is 2.55. The first kappa shape index (κ1) is 18.8. The van der Waals surface area contributed by atoms with Crippen molar-refractivity contribution in [2.24, 2.45) is 0 Å². The van der Waals surface area contributed by atoms with Crippen LogP contribution in [0.2, 0.25) is 5.02 Å². The first-order valence-electron chi connectivity index (χ1n) is 7.92. The second-order valence-electron chi connectivity index (χ2n) is 5.29. The molecule has 0 aliphatic heterocycles. The van der Waals surface area contributed by atoms with Gasteiger partial charge in [-0.15, -0.1) is 0 Å². The average Bonchev–Trinajstić information content (AvgIpc) is 2.58. The highest BCUT2D eigenvalue weighted by atomic mass is 35.5. The van der Waals surface area contributed by atoms with Crippen LogP contribution in [0.4, 0.5) is 0 Å². The van der Waals surface area contributed by atoms with Crippen molar-refractivity contribution in [3.63, 3.8) is 0 Å². The number of halogens is 1. The molecule has 0 unspecified atom stereocenters. The number of nitrogens with zero attached hydrogens (tertiary/aromatic N) is 1. The minimum atomic E-state index is -0.215. The topological polar surface area (TPSA) is 60.5 Å². The Balaban J connectivity index is 2.04. The molecule has 6 heteroatoms. The molecule has 5 nitrogen and oxygen atoms in total. The van der Waals surface area contributed by atoms with Gasteiger partial charge in [-0.3, -0.25) is 9.78 Å². The van der Waals surface area contributed by atoms with Gasteiger partial charge in [0.05, 0.1) is 31.0 Å². The molecule has 1 aromatic carbocycles. The largest absolute Gasteiger partial charge is 0.491 e. The number of hydrogen-bond donors (Lipinski definition) is 1. The lowest BCUT2D eigenvalue weighted by Crippen LogP contribution is -2.20. The fraction of sp³-hybridized carbons (Fsp3) is 0.263. The zero-order valence-electron chi connectivity index (χ0n) is 14.5. The summed E-state index contributed by atoms with van der Waals surface area (Å²) in [5.74, 6) is 0.811. The van der Waals surface area contributed by atoms with E-state index in [1.54, 1.807) is 18.2 Å². The van der Waals surface area contributed by atoms with Crippen molar-refractivity contribution < 1.29 is 14.3 Å². The molecule has 0 saturated heterocycles. The van der Waals surface area contributed by atoms with Gasteiger partial charge in [-0.05, 0) is 49.8 Å². The van der Waals surface area contributed by atoms with Crippen LogP contribution in [0.3, 0.4) is 0 Å². The summed E-state index contributed by atoms with van der Waals surface area (Å²) in [5.41, 5.74) is 2.48. The molecular formula is C19H21ClN2O3. The van der Waals surface area contributed by atoms with Crippen LogP contribution < -0.4 is 14.8 Å². The van der Waals surface area contributed by atoms with Gasteiger partial charge in [0.25, 0.3) is 0 Å². The van der Waals surface area contributed by atoms with E-state index in [4.69, 9.17) is 21.1 Å². The maximum absolute atomic E-state index is 12.0. The van der Waals surface area contributed by atoms with Gasteiger partial charge < -0.3 is 14.8 Å². The standard InChI is InChI=1S/C19H21ClN2O3/c1-4-25-17-11-14(10-16(20)19(17)24-3)8-9-18(23)21-12-15-7-5-6-13(2)22-15/h5-11H,4,12H2,1-3H3,(H,21,23)/b9-8+. The summed E-state index contributed by atoms with van der Waals surface area (Å²) in [4.78, 5) is 16.3. The molecule has 2 aromatic rings. The molecule has 1 aromatic heterocycles. The van der Waals surface area contributed by atoms with Gasteiger partial charge in [-0.2, -0.15) is 0 Å². The van der Waals surface area contributed by atoms with Gasteiger partial charge in [0, 0.05) is 11.8 Å². The van der Waals surface area contributed by atoms with Crippen molar-refractivity contribution >= 4 is 23.6 Å². The van der Waals surface area contributed by atoms with E-state index < -0.39 is 0 Å². The van der Waals surface area contributed by atoms with Gasteiger partial charge >= 0.3 is 0 Å². The number of methoxy groups -OCH3 is 1. The lowest BCUT2D eigenvalue weighted by Gasteiger charge is -2.11. The predicted molar refractivity (Wildman–Crippen MR) is 99.0 cm³/mol. The fourth-order valence-electron chi connectivity index (χ4n) is 2.25. The van der Waals surface area contributed by atoms with Crippen LogP contribution in [0.1, 0.15) is 23.9 Å². The molecular weight excluding hydrogens is 340 g/mol. The normalized spacial score (nSPS) is 10.7. The van der Waals surface area contributed by atoms with Crippen molar-refractivity contribution in [3.8, 4) is 11.5 Å². The van der Waals surface area contributed by atoms with Crippen molar-refractivity contribution in [1.82, 2.24) is 10.3 Å². The first-order valence-corrected chi connectivity index (χ1v) is 8.30. The number of ether oxygens (including phenoxy) is 2. The van der Waals surface area contributed by atoms with Crippen molar-refractivity contribution in [3.05, 3.63) is 58.4 Å². The summed E-state index contributed by atoms with van der Waals surface area (Å²) < 4.78 is 10.8. The maximum Gasteiger partial charge on any atom is 0.244 e. The number of pyridine rings is 1. The molecule has 0 bridgehead atoms. The quantitative estimate of drug-likeness (QED) is 0.763. The van der Waals surface area contributed by atoms with E-state index in [1.807, 2.05) is 32.0 Å². The smallest absolute Gasteiger partial charge is 0.244 e. The SMILES string of the molecule is CCOc1cc(/C=C/C(=O)NCc2cccc(C)n2)cc(Cl)c1OC. The van der Waals surface area contributed by atoms with E-state index in [0.717, 1.165) is 17.0 Å².